The third-order valence-electron chi connectivity index (χ3n) is 5.42. The molecule has 0 saturated carbocycles. The Morgan fingerprint density at radius 3 is 2.69 bits per heavy atom. The van der Waals surface area contributed by atoms with Crippen LogP contribution in [0.25, 0.3) is 0 Å². The van der Waals surface area contributed by atoms with Crippen molar-refractivity contribution in [2.45, 2.75) is 45.0 Å². The van der Waals surface area contributed by atoms with Gasteiger partial charge in [0.15, 0.2) is 0 Å². The van der Waals surface area contributed by atoms with Gasteiger partial charge in [-0.15, -0.1) is 0 Å². The zero-order valence-corrected chi connectivity index (χ0v) is 15.3. The molecule has 4 rings (SSSR count). The van der Waals surface area contributed by atoms with Crippen LogP contribution in [0.1, 0.15) is 42.1 Å². The maximum atomic E-state index is 12.6. The summed E-state index contributed by atoms with van der Waals surface area (Å²) < 4.78 is 5.97. The fourth-order valence-electron chi connectivity index (χ4n) is 4.15. The second-order valence-electron chi connectivity index (χ2n) is 7.16. The number of hydrogen-bond donors (Lipinski definition) is 0. The Bertz CT molecular complexity index is 762. The Morgan fingerprint density at radius 1 is 1.12 bits per heavy atom. The molecule has 0 bridgehead atoms. The molecule has 0 aromatic heterocycles. The highest BCUT2D eigenvalue weighted by molar-refractivity contribution is 5.89. The van der Waals surface area contributed by atoms with Crippen LogP contribution < -0.4 is 4.90 Å². The number of hydrogen-bond acceptors (Lipinski definition) is 4. The fraction of sp³-hybridized carbons (Fsp3) is 0.409. The molecule has 0 spiro atoms. The second-order valence-corrected chi connectivity index (χ2v) is 7.16. The van der Waals surface area contributed by atoms with E-state index in [1.807, 2.05) is 30.3 Å². The van der Waals surface area contributed by atoms with Gasteiger partial charge in [0, 0.05) is 31.7 Å². The van der Waals surface area contributed by atoms with Gasteiger partial charge in [-0.1, -0.05) is 49.7 Å². The van der Waals surface area contributed by atoms with Crippen molar-refractivity contribution in [1.29, 1.82) is 0 Å². The summed E-state index contributed by atoms with van der Waals surface area (Å²) in [5.74, 6) is -0.216. The van der Waals surface area contributed by atoms with Gasteiger partial charge in [0.2, 0.25) is 0 Å². The fourth-order valence-corrected chi connectivity index (χ4v) is 4.15. The van der Waals surface area contributed by atoms with Crippen molar-refractivity contribution < 1.29 is 9.53 Å². The lowest BCUT2D eigenvalue weighted by atomic mass is 10.1. The number of anilines is 1. The molecule has 2 heterocycles. The Hall–Kier alpha value is -2.33. The van der Waals surface area contributed by atoms with E-state index < -0.39 is 0 Å². The number of nitrogens with zero attached hydrogens (tertiary/aromatic N) is 2. The van der Waals surface area contributed by atoms with Crippen LogP contribution in [0.5, 0.6) is 0 Å². The SMILES string of the molecule is CCCCN1c2ccccc2CN2CC[C@H](OC(=O)c3ccccc3)C21. The van der Waals surface area contributed by atoms with Gasteiger partial charge in [-0.3, -0.25) is 4.90 Å². The Labute approximate surface area is 155 Å². The Kier molecular flexibility index (Phi) is 4.93. The minimum atomic E-state index is -0.216. The van der Waals surface area contributed by atoms with Crippen molar-refractivity contribution in [3.8, 4) is 0 Å². The molecule has 1 unspecified atom stereocenters. The third-order valence-corrected chi connectivity index (χ3v) is 5.42. The molecule has 2 atom stereocenters. The lowest BCUT2D eigenvalue weighted by molar-refractivity contribution is 0.0183. The predicted octanol–water partition coefficient (Wildman–Crippen LogP) is 4.06. The standard InChI is InChI=1S/C22H26N2O2/c1-2-3-14-24-19-12-8-7-11-18(19)16-23-15-13-20(21(23)24)26-22(25)17-9-5-4-6-10-17/h4-12,20-21H,2-3,13-16H2,1H3/t20-,21?/m0/s1. The van der Waals surface area contributed by atoms with Crippen LogP contribution in [0.3, 0.4) is 0 Å². The van der Waals surface area contributed by atoms with Gasteiger partial charge in [-0.2, -0.15) is 0 Å². The van der Waals surface area contributed by atoms with E-state index in [2.05, 4.69) is 41.0 Å². The van der Waals surface area contributed by atoms with E-state index >= 15 is 0 Å². The minimum absolute atomic E-state index is 0.0899. The van der Waals surface area contributed by atoms with Crippen molar-refractivity contribution >= 4 is 11.7 Å². The summed E-state index contributed by atoms with van der Waals surface area (Å²) in [6.07, 6.45) is 3.23. The molecule has 1 fully saturated rings. The van der Waals surface area contributed by atoms with Crippen molar-refractivity contribution in [2.24, 2.45) is 0 Å². The molecule has 4 heteroatoms. The first-order chi connectivity index (χ1) is 12.8. The normalized spacial score (nSPS) is 22.0. The number of ether oxygens (including phenoxy) is 1. The summed E-state index contributed by atoms with van der Waals surface area (Å²) in [6, 6.07) is 17.9. The van der Waals surface area contributed by atoms with E-state index in [0.29, 0.717) is 5.56 Å². The number of unbranched alkanes of at least 4 members (excludes halogenated alkanes) is 1. The first kappa shape index (κ1) is 17.1. The zero-order chi connectivity index (χ0) is 17.9. The highest BCUT2D eigenvalue weighted by Crippen LogP contribution is 2.37. The highest BCUT2D eigenvalue weighted by Gasteiger charge is 2.43. The lowest BCUT2D eigenvalue weighted by Gasteiger charge is -2.44. The summed E-state index contributed by atoms with van der Waals surface area (Å²) >= 11 is 0. The number of carbonyl (C=O) groups is 1. The van der Waals surface area contributed by atoms with E-state index in [-0.39, 0.29) is 18.2 Å². The number of esters is 1. The van der Waals surface area contributed by atoms with Gasteiger partial charge in [-0.05, 0) is 30.2 Å². The average molecular weight is 350 g/mol. The molecule has 0 N–H and O–H groups in total. The van der Waals surface area contributed by atoms with Crippen molar-refractivity contribution in [3.05, 3.63) is 65.7 Å². The van der Waals surface area contributed by atoms with Crippen LogP contribution in [0.4, 0.5) is 5.69 Å². The van der Waals surface area contributed by atoms with E-state index in [1.165, 1.54) is 11.3 Å². The minimum Gasteiger partial charge on any atom is -0.455 e. The first-order valence-electron chi connectivity index (χ1n) is 9.62. The highest BCUT2D eigenvalue weighted by atomic mass is 16.5. The van der Waals surface area contributed by atoms with Gasteiger partial charge in [0.25, 0.3) is 0 Å². The molecule has 0 amide bonds. The molecule has 2 aromatic carbocycles. The van der Waals surface area contributed by atoms with Crippen molar-refractivity contribution in [1.82, 2.24) is 4.90 Å². The van der Waals surface area contributed by atoms with Crippen molar-refractivity contribution in [2.75, 3.05) is 18.0 Å². The number of benzene rings is 2. The molecular formula is C22H26N2O2. The maximum Gasteiger partial charge on any atom is 0.338 e. The number of rotatable bonds is 5. The van der Waals surface area contributed by atoms with Crippen LogP contribution >= 0.6 is 0 Å². The van der Waals surface area contributed by atoms with Crippen LogP contribution in [-0.2, 0) is 11.3 Å². The molecule has 2 aromatic rings. The molecule has 0 aliphatic carbocycles. The Morgan fingerprint density at radius 2 is 1.88 bits per heavy atom. The topological polar surface area (TPSA) is 32.8 Å². The second kappa shape index (κ2) is 7.50. The summed E-state index contributed by atoms with van der Waals surface area (Å²) in [5.41, 5.74) is 3.29. The van der Waals surface area contributed by atoms with E-state index in [4.69, 9.17) is 4.74 Å². The molecule has 1 saturated heterocycles. The zero-order valence-electron chi connectivity index (χ0n) is 15.3. The Balaban J connectivity index is 1.58. The van der Waals surface area contributed by atoms with Gasteiger partial charge < -0.3 is 9.64 Å². The van der Waals surface area contributed by atoms with Crippen molar-refractivity contribution in [3.63, 3.8) is 0 Å². The molecule has 0 radical (unpaired) electrons. The monoisotopic (exact) mass is 350 g/mol. The number of fused-ring (bicyclic) bond motifs is 2. The van der Waals surface area contributed by atoms with Crippen LogP contribution in [0.2, 0.25) is 0 Å². The summed E-state index contributed by atoms with van der Waals surface area (Å²) in [4.78, 5) is 17.5. The molecule has 4 nitrogen and oxygen atoms in total. The largest absolute Gasteiger partial charge is 0.455 e. The summed E-state index contributed by atoms with van der Waals surface area (Å²) in [7, 11) is 0. The van der Waals surface area contributed by atoms with Crippen LogP contribution in [0.15, 0.2) is 54.6 Å². The quantitative estimate of drug-likeness (QED) is 0.761. The van der Waals surface area contributed by atoms with Gasteiger partial charge >= 0.3 is 5.97 Å². The molecule has 26 heavy (non-hydrogen) atoms. The summed E-state index contributed by atoms with van der Waals surface area (Å²) in [5, 5.41) is 0. The molecule has 2 aliphatic heterocycles. The van der Waals surface area contributed by atoms with E-state index in [1.54, 1.807) is 0 Å². The molecular weight excluding hydrogens is 324 g/mol. The maximum absolute atomic E-state index is 12.6. The van der Waals surface area contributed by atoms with Crippen LogP contribution in [0, 0.1) is 0 Å². The van der Waals surface area contributed by atoms with Gasteiger partial charge in [0.1, 0.15) is 12.3 Å². The third kappa shape index (κ3) is 3.21. The average Bonchev–Trinajstić information content (AvgIpc) is 3.08. The number of carbonyl (C=O) groups excluding carboxylic acids is 1. The molecule has 136 valence electrons. The van der Waals surface area contributed by atoms with Gasteiger partial charge in [-0.25, -0.2) is 4.79 Å². The lowest BCUT2D eigenvalue weighted by Crippen LogP contribution is -2.54. The first-order valence-corrected chi connectivity index (χ1v) is 9.62. The predicted molar refractivity (Wildman–Crippen MR) is 103 cm³/mol. The molecule has 2 aliphatic rings. The summed E-state index contributed by atoms with van der Waals surface area (Å²) in [6.45, 7) is 5.11. The smallest absolute Gasteiger partial charge is 0.338 e. The number of para-hydroxylation sites is 1. The van der Waals surface area contributed by atoms with E-state index in [9.17, 15) is 4.79 Å². The van der Waals surface area contributed by atoms with E-state index in [0.717, 1.165) is 38.9 Å². The van der Waals surface area contributed by atoms with Gasteiger partial charge in [0.05, 0.1) is 5.56 Å². The van der Waals surface area contributed by atoms with Crippen LogP contribution in [-0.4, -0.2) is 36.2 Å².